The average Bonchev–Trinajstić information content (AvgIpc) is 2.62. The third kappa shape index (κ3) is 3.65. The summed E-state index contributed by atoms with van der Waals surface area (Å²) in [6.45, 7) is 0. The topological polar surface area (TPSA) is 17.1 Å². The summed E-state index contributed by atoms with van der Waals surface area (Å²) in [5.74, 6) is 1.76. The maximum absolute atomic E-state index is 13.8. The Labute approximate surface area is 151 Å². The number of benzene rings is 3. The summed E-state index contributed by atoms with van der Waals surface area (Å²) >= 11 is 12.2. The van der Waals surface area contributed by atoms with Crippen LogP contribution >= 0.6 is 30.3 Å². The lowest BCUT2D eigenvalue weighted by molar-refractivity contribution is 0.592. The second kappa shape index (κ2) is 7.40. The largest absolute Gasteiger partial charge is 0.309 e. The van der Waals surface area contributed by atoms with Gasteiger partial charge in [-0.3, -0.25) is 0 Å². The van der Waals surface area contributed by atoms with Gasteiger partial charge in [-0.1, -0.05) is 89.9 Å². The van der Waals surface area contributed by atoms with E-state index in [9.17, 15) is 4.57 Å². The molecule has 0 aromatic heterocycles. The number of hydrogen-bond donors (Lipinski definition) is 0. The van der Waals surface area contributed by atoms with Crippen LogP contribution in [0, 0.1) is 0 Å². The molecule has 0 bridgehead atoms. The highest BCUT2D eigenvalue weighted by Crippen LogP contribution is 2.45. The molecule has 120 valence electrons. The highest BCUT2D eigenvalue weighted by molar-refractivity contribution is 7.81. The highest BCUT2D eigenvalue weighted by Gasteiger charge is 2.23. The smallest absolute Gasteiger partial charge is 0.164 e. The van der Waals surface area contributed by atoms with Gasteiger partial charge in [-0.2, -0.15) is 0 Å². The van der Waals surface area contributed by atoms with Gasteiger partial charge in [0.1, 0.15) is 0 Å². The summed E-state index contributed by atoms with van der Waals surface area (Å²) in [6.07, 6.45) is 1.80. The molecule has 0 saturated heterocycles. The molecule has 0 saturated carbocycles. The van der Waals surface area contributed by atoms with Crippen molar-refractivity contribution < 1.29 is 4.57 Å². The predicted octanol–water partition coefficient (Wildman–Crippen LogP) is 5.98. The van der Waals surface area contributed by atoms with E-state index in [1.54, 1.807) is 24.0 Å². The van der Waals surface area contributed by atoms with Crippen LogP contribution in [0.2, 0.25) is 10.0 Å². The van der Waals surface area contributed by atoms with Gasteiger partial charge in [-0.05, 0) is 29.6 Å². The van der Waals surface area contributed by atoms with Crippen LogP contribution in [0.25, 0.3) is 6.08 Å². The minimum atomic E-state index is -2.89. The molecule has 3 aromatic rings. The van der Waals surface area contributed by atoms with Gasteiger partial charge in [0.2, 0.25) is 0 Å². The fourth-order valence-corrected chi connectivity index (χ4v) is 5.16. The first-order valence-corrected chi connectivity index (χ1v) is 9.98. The molecule has 0 aliphatic carbocycles. The van der Waals surface area contributed by atoms with E-state index in [-0.39, 0.29) is 0 Å². The fourth-order valence-electron chi connectivity index (χ4n) is 2.44. The average molecular weight is 373 g/mol. The van der Waals surface area contributed by atoms with Crippen LogP contribution in [-0.2, 0) is 4.57 Å². The molecule has 3 aromatic carbocycles. The molecule has 24 heavy (non-hydrogen) atoms. The van der Waals surface area contributed by atoms with Gasteiger partial charge >= 0.3 is 0 Å². The van der Waals surface area contributed by atoms with E-state index in [0.717, 1.165) is 16.2 Å². The molecule has 1 nitrogen and oxygen atoms in total. The molecular formula is C20H15Cl2OP. The van der Waals surface area contributed by atoms with Crippen LogP contribution in [0.4, 0.5) is 0 Å². The van der Waals surface area contributed by atoms with Gasteiger partial charge in [0, 0.05) is 20.7 Å². The van der Waals surface area contributed by atoms with Gasteiger partial charge in [-0.15, -0.1) is 0 Å². The Morgan fingerprint density at radius 1 is 0.750 bits per heavy atom. The van der Waals surface area contributed by atoms with Crippen molar-refractivity contribution in [2.24, 2.45) is 0 Å². The lowest BCUT2D eigenvalue weighted by Gasteiger charge is -2.15. The summed E-state index contributed by atoms with van der Waals surface area (Å²) in [7, 11) is -2.89. The molecule has 0 spiro atoms. The normalized spacial score (nSPS) is 11.8. The monoisotopic (exact) mass is 372 g/mol. The van der Waals surface area contributed by atoms with Gasteiger partial charge < -0.3 is 4.57 Å². The van der Waals surface area contributed by atoms with E-state index < -0.39 is 7.14 Å². The van der Waals surface area contributed by atoms with Crippen LogP contribution in [0.15, 0.2) is 84.7 Å². The van der Waals surface area contributed by atoms with Gasteiger partial charge in [-0.25, -0.2) is 0 Å². The number of halogens is 2. The Bertz CT molecular complexity index is 862. The molecule has 0 radical (unpaired) electrons. The summed E-state index contributed by atoms with van der Waals surface area (Å²) < 4.78 is 13.8. The van der Waals surface area contributed by atoms with Crippen LogP contribution < -0.4 is 10.6 Å². The zero-order chi connectivity index (χ0) is 17.0. The molecule has 0 amide bonds. The van der Waals surface area contributed by atoms with Crippen molar-refractivity contribution in [2.75, 3.05) is 0 Å². The van der Waals surface area contributed by atoms with Crippen molar-refractivity contribution in [1.29, 1.82) is 0 Å². The van der Waals surface area contributed by atoms with E-state index in [1.807, 2.05) is 66.7 Å². The molecule has 3 rings (SSSR count). The standard InChI is InChI=1S/C20H15Cl2OP/c21-17-12-11-16(20(22)15-17)13-14-24(23,18-7-3-1-4-8-18)19-9-5-2-6-10-19/h1-15H/b14-13+. The van der Waals surface area contributed by atoms with Gasteiger partial charge in [0.05, 0.1) is 0 Å². The Kier molecular flexibility index (Phi) is 5.26. The predicted molar refractivity (Wildman–Crippen MR) is 105 cm³/mol. The Morgan fingerprint density at radius 3 is 1.79 bits per heavy atom. The third-order valence-electron chi connectivity index (χ3n) is 3.71. The van der Waals surface area contributed by atoms with Crippen LogP contribution in [-0.4, -0.2) is 0 Å². The van der Waals surface area contributed by atoms with Crippen LogP contribution in [0.1, 0.15) is 5.56 Å². The molecule has 0 aliphatic rings. The van der Waals surface area contributed by atoms with E-state index in [4.69, 9.17) is 23.2 Å². The van der Waals surface area contributed by atoms with Crippen molar-refractivity contribution in [3.05, 3.63) is 100 Å². The quantitative estimate of drug-likeness (QED) is 0.515. The van der Waals surface area contributed by atoms with Crippen molar-refractivity contribution in [3.63, 3.8) is 0 Å². The lowest BCUT2D eigenvalue weighted by Crippen LogP contribution is -2.13. The zero-order valence-corrected chi connectivity index (χ0v) is 15.2. The first-order valence-electron chi connectivity index (χ1n) is 7.45. The second-order valence-electron chi connectivity index (χ2n) is 5.31. The summed E-state index contributed by atoms with van der Waals surface area (Å²) in [5, 5.41) is 2.69. The lowest BCUT2D eigenvalue weighted by atomic mass is 10.2. The van der Waals surface area contributed by atoms with Crippen molar-refractivity contribution in [3.8, 4) is 0 Å². The fraction of sp³-hybridized carbons (Fsp3) is 0. The van der Waals surface area contributed by atoms with E-state index in [1.165, 1.54) is 0 Å². The maximum atomic E-state index is 13.8. The summed E-state index contributed by atoms with van der Waals surface area (Å²) in [5.41, 5.74) is 0.785. The van der Waals surface area contributed by atoms with E-state index in [0.29, 0.717) is 10.0 Å². The van der Waals surface area contributed by atoms with Crippen molar-refractivity contribution in [2.45, 2.75) is 0 Å². The molecule has 0 aliphatic heterocycles. The van der Waals surface area contributed by atoms with Gasteiger partial charge in [0.15, 0.2) is 7.14 Å². The molecule has 4 heteroatoms. The minimum Gasteiger partial charge on any atom is -0.309 e. The number of rotatable bonds is 4. The Morgan fingerprint density at radius 2 is 1.29 bits per heavy atom. The molecule has 0 unspecified atom stereocenters. The summed E-state index contributed by atoms with van der Waals surface area (Å²) in [4.78, 5) is 0. The van der Waals surface area contributed by atoms with Gasteiger partial charge in [0.25, 0.3) is 0 Å². The minimum absolute atomic E-state index is 0.534. The van der Waals surface area contributed by atoms with E-state index in [2.05, 4.69) is 0 Å². The maximum Gasteiger partial charge on any atom is 0.164 e. The van der Waals surface area contributed by atoms with Crippen LogP contribution in [0.5, 0.6) is 0 Å². The molecule has 0 fully saturated rings. The zero-order valence-electron chi connectivity index (χ0n) is 12.8. The van der Waals surface area contributed by atoms with Crippen LogP contribution in [0.3, 0.4) is 0 Å². The third-order valence-corrected chi connectivity index (χ3v) is 6.97. The van der Waals surface area contributed by atoms with E-state index >= 15 is 0 Å². The first-order chi connectivity index (χ1) is 11.6. The van der Waals surface area contributed by atoms with Crippen molar-refractivity contribution >= 4 is 47.0 Å². The Hall–Kier alpha value is -1.79. The first kappa shape index (κ1) is 17.0. The molecular weight excluding hydrogens is 358 g/mol. The molecule has 0 heterocycles. The molecule has 0 atom stereocenters. The Balaban J connectivity index is 2.09. The molecule has 0 N–H and O–H groups in total. The highest BCUT2D eigenvalue weighted by atomic mass is 35.5. The summed E-state index contributed by atoms with van der Waals surface area (Å²) in [6, 6.07) is 24.2. The number of hydrogen-bond acceptors (Lipinski definition) is 1. The van der Waals surface area contributed by atoms with Crippen molar-refractivity contribution in [1.82, 2.24) is 0 Å². The second-order valence-corrected chi connectivity index (χ2v) is 8.80. The SMILES string of the molecule is O=P(/C=C/c1ccc(Cl)cc1Cl)(c1ccccc1)c1ccccc1.